The minimum absolute atomic E-state index is 0.558. The molecule has 11 heteroatoms. The van der Waals surface area contributed by atoms with Crippen molar-refractivity contribution in [2.24, 2.45) is 0 Å². The second-order valence-corrected chi connectivity index (χ2v) is 26.7. The average molecular weight is 1320 g/mol. The van der Waals surface area contributed by atoms with Crippen LogP contribution in [0.5, 0.6) is 0 Å². The molecule has 0 aliphatic heterocycles. The Kier molecular flexibility index (Phi) is 13.6. The predicted octanol–water partition coefficient (Wildman–Crippen LogP) is 23.4. The van der Waals surface area contributed by atoms with Gasteiger partial charge in [-0.15, -0.1) is 11.3 Å². The fraction of sp³-hybridized carbons (Fsp3) is 0. The molecule has 0 unspecified atom stereocenters. The highest BCUT2D eigenvalue weighted by Crippen LogP contribution is 2.45. The number of nitriles is 1. The van der Waals surface area contributed by atoms with Crippen LogP contribution in [0.2, 0.25) is 0 Å². The molecule has 0 bridgehead atoms. The predicted molar refractivity (Wildman–Crippen MR) is 416 cm³/mol. The van der Waals surface area contributed by atoms with Crippen molar-refractivity contribution in [3.63, 3.8) is 0 Å². The van der Waals surface area contributed by atoms with E-state index in [-0.39, 0.29) is 0 Å². The summed E-state index contributed by atoms with van der Waals surface area (Å²) in [7, 11) is 0. The highest BCUT2D eigenvalue weighted by molar-refractivity contribution is 7.26. The molecule has 10 nitrogen and oxygen atoms in total. The van der Waals surface area contributed by atoms with E-state index in [4.69, 9.17) is 34.3 Å². The normalized spacial score (nSPS) is 11.7. The van der Waals surface area contributed by atoms with Gasteiger partial charge in [-0.1, -0.05) is 200 Å². The lowest BCUT2D eigenvalue weighted by molar-refractivity contribution is 0.670. The number of hydrogen-bond acceptors (Lipinski definition) is 9. The zero-order chi connectivity index (χ0) is 67.4. The molecular formula is C91H53N9OS. The Bertz CT molecular complexity index is 6750. The van der Waals surface area contributed by atoms with E-state index in [1.54, 1.807) is 0 Å². The van der Waals surface area contributed by atoms with Gasteiger partial charge in [0.15, 0.2) is 34.9 Å². The largest absolute Gasteiger partial charge is 0.455 e. The van der Waals surface area contributed by atoms with Crippen molar-refractivity contribution >= 4 is 97.1 Å². The van der Waals surface area contributed by atoms with Crippen LogP contribution in [0.1, 0.15) is 5.56 Å². The third-order valence-electron chi connectivity index (χ3n) is 19.7. The number of fused-ring (bicyclic) bond motifs is 12. The molecule has 14 aromatic carbocycles. The third kappa shape index (κ3) is 9.84. The summed E-state index contributed by atoms with van der Waals surface area (Å²) in [5.74, 6) is 3.56. The van der Waals surface area contributed by atoms with Crippen LogP contribution < -0.4 is 0 Å². The van der Waals surface area contributed by atoms with Crippen LogP contribution in [-0.4, -0.2) is 39.0 Å². The van der Waals surface area contributed by atoms with Crippen LogP contribution in [0, 0.1) is 11.3 Å². The first kappa shape index (κ1) is 58.4. The van der Waals surface area contributed by atoms with Crippen molar-refractivity contribution in [1.29, 1.82) is 5.26 Å². The van der Waals surface area contributed by atoms with E-state index in [9.17, 15) is 5.26 Å². The Hall–Kier alpha value is -13.8. The van der Waals surface area contributed by atoms with Crippen molar-refractivity contribution in [2.45, 2.75) is 0 Å². The summed E-state index contributed by atoms with van der Waals surface area (Å²) in [5.41, 5.74) is 20.3. The molecular weight excluding hydrogens is 1270 g/mol. The molecule has 20 rings (SSSR count). The molecule has 20 aromatic rings. The summed E-state index contributed by atoms with van der Waals surface area (Å²) < 4.78 is 14.0. The lowest BCUT2D eigenvalue weighted by Gasteiger charge is -2.11. The molecule has 0 aliphatic rings. The van der Waals surface area contributed by atoms with E-state index >= 15 is 0 Å². The minimum Gasteiger partial charge on any atom is -0.455 e. The minimum atomic E-state index is 0.558. The van der Waals surface area contributed by atoms with Gasteiger partial charge in [-0.2, -0.15) is 5.26 Å². The molecule has 0 fully saturated rings. The Morgan fingerprint density at radius 1 is 0.275 bits per heavy atom. The number of benzene rings is 14. The number of furan rings is 1. The number of thiophene rings is 1. The first-order valence-electron chi connectivity index (χ1n) is 33.9. The fourth-order valence-electron chi connectivity index (χ4n) is 14.8. The molecule has 0 aliphatic carbocycles. The van der Waals surface area contributed by atoms with E-state index in [0.717, 1.165) is 138 Å². The maximum atomic E-state index is 10.1. The molecule has 6 heterocycles. The van der Waals surface area contributed by atoms with E-state index in [1.807, 2.05) is 114 Å². The Labute approximate surface area is 588 Å². The molecule has 0 saturated heterocycles. The highest BCUT2D eigenvalue weighted by Gasteiger charge is 2.22. The van der Waals surface area contributed by atoms with Gasteiger partial charge in [0.2, 0.25) is 0 Å². The lowest BCUT2D eigenvalue weighted by Crippen LogP contribution is -2.00. The molecule has 0 radical (unpaired) electrons. The molecule has 0 N–H and O–H groups in total. The zero-order valence-electron chi connectivity index (χ0n) is 54.4. The van der Waals surface area contributed by atoms with Crippen molar-refractivity contribution in [3.8, 4) is 119 Å². The van der Waals surface area contributed by atoms with Gasteiger partial charge < -0.3 is 13.6 Å². The SMILES string of the molecule is N#Cc1ccc2c(c1)c1cc(-c3cccc4c3sc3ccccc34)ccc1n2-c1ccc(-c2nc(-c3ccccc3)nc(-c3cccc(-c4ccc5oc6c(-c7ccc8c(c7)c7ccccc7n8-c7ccc(-c8nc(-c9ccccc9)nc(-c9ccccc9)n8)cc7)cccc6c5c4)c3)n2)cc1. The summed E-state index contributed by atoms with van der Waals surface area (Å²) in [6.07, 6.45) is 0. The molecule has 0 amide bonds. The molecule has 6 aromatic heterocycles. The third-order valence-corrected chi connectivity index (χ3v) is 20.9. The summed E-state index contributed by atoms with van der Waals surface area (Å²) in [6.45, 7) is 0. The van der Waals surface area contributed by atoms with Gasteiger partial charge in [0.1, 0.15) is 11.2 Å². The van der Waals surface area contributed by atoms with Crippen molar-refractivity contribution < 1.29 is 4.42 Å². The Balaban J connectivity index is 0.620. The van der Waals surface area contributed by atoms with Gasteiger partial charge >= 0.3 is 0 Å². The van der Waals surface area contributed by atoms with Gasteiger partial charge in [0, 0.05) is 103 Å². The van der Waals surface area contributed by atoms with Gasteiger partial charge in [0.25, 0.3) is 0 Å². The number of nitrogens with zero attached hydrogens (tertiary/aromatic N) is 9. The maximum Gasteiger partial charge on any atom is 0.164 e. The smallest absolute Gasteiger partial charge is 0.164 e. The number of hydrogen-bond donors (Lipinski definition) is 0. The quantitative estimate of drug-likeness (QED) is 0.125. The van der Waals surface area contributed by atoms with Gasteiger partial charge in [-0.3, -0.25) is 0 Å². The second kappa shape index (κ2) is 23.7. The van der Waals surface area contributed by atoms with Crippen molar-refractivity contribution in [1.82, 2.24) is 39.0 Å². The van der Waals surface area contributed by atoms with E-state index in [0.29, 0.717) is 40.5 Å². The van der Waals surface area contributed by atoms with Crippen LogP contribution in [-0.2, 0) is 0 Å². The molecule has 474 valence electrons. The molecule has 0 spiro atoms. The monoisotopic (exact) mass is 1320 g/mol. The number of rotatable bonds is 11. The van der Waals surface area contributed by atoms with Gasteiger partial charge in [0.05, 0.1) is 33.7 Å². The van der Waals surface area contributed by atoms with Crippen molar-refractivity contribution in [2.75, 3.05) is 0 Å². The van der Waals surface area contributed by atoms with E-state index in [2.05, 4.69) is 234 Å². The van der Waals surface area contributed by atoms with Crippen LogP contribution in [0.4, 0.5) is 0 Å². The number of aromatic nitrogens is 8. The Morgan fingerprint density at radius 3 is 1.27 bits per heavy atom. The van der Waals surface area contributed by atoms with E-state index in [1.165, 1.54) is 25.7 Å². The molecule has 102 heavy (non-hydrogen) atoms. The summed E-state index contributed by atoms with van der Waals surface area (Å²) in [6, 6.07) is 114. The second-order valence-electron chi connectivity index (χ2n) is 25.7. The van der Waals surface area contributed by atoms with Gasteiger partial charge in [-0.25, -0.2) is 29.9 Å². The topological polar surface area (TPSA) is 124 Å². The molecule has 0 atom stereocenters. The summed E-state index contributed by atoms with van der Waals surface area (Å²) in [5, 5.41) is 19.1. The van der Waals surface area contributed by atoms with Crippen LogP contribution in [0.3, 0.4) is 0 Å². The summed E-state index contributed by atoms with van der Waals surface area (Å²) >= 11 is 1.83. The fourth-order valence-corrected chi connectivity index (χ4v) is 16.0. The highest BCUT2D eigenvalue weighted by atomic mass is 32.1. The number of para-hydroxylation sites is 2. The standard InChI is InChI=1S/C91H53N9OS/c92-54-55-33-45-79-74(49-55)76-53-64(69-28-16-30-73-71-26-11-13-32-83(71)102-85(69)73)39-47-81(76)100(79)67-43-36-60(37-44-67)90-96-88(58-21-8-3-9-22-58)97-91(98-90)65-24-14-23-61(50-65)62-40-48-82-77(51-62)72-29-15-27-68(84(72)101-82)63-38-46-80-75(52-63)70-25-10-12-31-78(70)99(80)66-41-34-59(35-42-66)89-94-86(56-17-4-1-5-18-56)93-87(95-89)57-19-6-2-7-20-57/h1-53H. The zero-order valence-corrected chi connectivity index (χ0v) is 55.3. The Morgan fingerprint density at radius 2 is 0.676 bits per heavy atom. The van der Waals surface area contributed by atoms with Crippen molar-refractivity contribution in [3.05, 3.63) is 327 Å². The first-order valence-corrected chi connectivity index (χ1v) is 34.7. The average Bonchev–Trinajstić information content (AvgIpc) is 1.59. The van der Waals surface area contributed by atoms with Crippen LogP contribution in [0.25, 0.3) is 199 Å². The van der Waals surface area contributed by atoms with E-state index < -0.39 is 0 Å². The molecule has 0 saturated carbocycles. The van der Waals surface area contributed by atoms with Crippen LogP contribution >= 0.6 is 11.3 Å². The van der Waals surface area contributed by atoms with Crippen LogP contribution in [0.15, 0.2) is 326 Å². The van der Waals surface area contributed by atoms with Gasteiger partial charge in [-0.05, 0) is 149 Å². The lowest BCUT2D eigenvalue weighted by atomic mass is 9.98. The maximum absolute atomic E-state index is 10.1. The summed E-state index contributed by atoms with van der Waals surface area (Å²) in [4.78, 5) is 30.5. The first-order chi connectivity index (χ1) is 50.5.